The fourth-order valence-electron chi connectivity index (χ4n) is 1.55. The molecule has 0 aliphatic carbocycles. The van der Waals surface area contributed by atoms with E-state index in [1.165, 1.54) is 18.5 Å². The van der Waals surface area contributed by atoms with Gasteiger partial charge in [0, 0.05) is 22.9 Å². The molecule has 0 saturated heterocycles. The summed E-state index contributed by atoms with van der Waals surface area (Å²) in [6.07, 6.45) is 1.21. The molecule has 0 bridgehead atoms. The smallest absolute Gasteiger partial charge is 0.0234 e. The Morgan fingerprint density at radius 1 is 1.13 bits per heavy atom. The van der Waals surface area contributed by atoms with E-state index in [-0.39, 0.29) is 0 Å². The molecule has 0 aromatic heterocycles. The molecule has 0 unspecified atom stereocenters. The highest BCUT2D eigenvalue weighted by molar-refractivity contribution is 9.10. The highest BCUT2D eigenvalue weighted by Gasteiger charge is 2.03. The van der Waals surface area contributed by atoms with Crippen LogP contribution in [0.25, 0.3) is 0 Å². The highest BCUT2D eigenvalue weighted by atomic mass is 79.9. The summed E-state index contributed by atoms with van der Waals surface area (Å²) in [6, 6.07) is 8.57. The van der Waals surface area contributed by atoms with Crippen molar-refractivity contribution >= 4 is 31.9 Å². The van der Waals surface area contributed by atoms with E-state index in [4.69, 9.17) is 0 Å². The van der Waals surface area contributed by atoms with E-state index in [0.29, 0.717) is 0 Å². The topological polar surface area (TPSA) is 3.24 Å². The van der Waals surface area contributed by atoms with Crippen molar-refractivity contribution < 1.29 is 0 Å². The summed E-state index contributed by atoms with van der Waals surface area (Å²) in [7, 11) is 0. The SMILES string of the molecule is CCCN(CCBr)Cc1ccc(Br)cc1. The van der Waals surface area contributed by atoms with E-state index >= 15 is 0 Å². The second-order valence-electron chi connectivity index (χ2n) is 3.59. The van der Waals surface area contributed by atoms with Crippen LogP contribution in [0.1, 0.15) is 18.9 Å². The number of nitrogens with zero attached hydrogens (tertiary/aromatic N) is 1. The average molecular weight is 335 g/mol. The minimum Gasteiger partial charge on any atom is -0.298 e. The summed E-state index contributed by atoms with van der Waals surface area (Å²) in [4.78, 5) is 2.47. The Labute approximate surface area is 109 Å². The second-order valence-corrected chi connectivity index (χ2v) is 5.30. The molecule has 1 nitrogen and oxygen atoms in total. The predicted molar refractivity (Wildman–Crippen MR) is 73.5 cm³/mol. The maximum atomic E-state index is 3.50. The van der Waals surface area contributed by atoms with Crippen LogP contribution in [0.2, 0.25) is 0 Å². The molecule has 0 N–H and O–H groups in total. The highest BCUT2D eigenvalue weighted by Crippen LogP contribution is 2.12. The number of rotatable bonds is 6. The molecule has 0 radical (unpaired) electrons. The number of halogens is 2. The fourth-order valence-corrected chi connectivity index (χ4v) is 2.32. The largest absolute Gasteiger partial charge is 0.298 e. The van der Waals surface area contributed by atoms with Crippen LogP contribution in [-0.2, 0) is 6.54 Å². The van der Waals surface area contributed by atoms with Crippen LogP contribution in [0.3, 0.4) is 0 Å². The van der Waals surface area contributed by atoms with Gasteiger partial charge in [0.25, 0.3) is 0 Å². The second kappa shape index (κ2) is 7.42. The third kappa shape index (κ3) is 5.14. The van der Waals surface area contributed by atoms with Gasteiger partial charge in [-0.2, -0.15) is 0 Å². The molecule has 3 heteroatoms. The van der Waals surface area contributed by atoms with Crippen molar-refractivity contribution in [3.63, 3.8) is 0 Å². The lowest BCUT2D eigenvalue weighted by Crippen LogP contribution is -2.26. The molecular weight excluding hydrogens is 318 g/mol. The summed E-state index contributed by atoms with van der Waals surface area (Å²) in [5, 5.41) is 1.05. The van der Waals surface area contributed by atoms with Crippen LogP contribution < -0.4 is 0 Å². The van der Waals surface area contributed by atoms with Crippen LogP contribution in [0.4, 0.5) is 0 Å². The van der Waals surface area contributed by atoms with Gasteiger partial charge < -0.3 is 0 Å². The maximum Gasteiger partial charge on any atom is 0.0234 e. The number of alkyl halides is 1. The Balaban J connectivity index is 2.53. The number of benzene rings is 1. The van der Waals surface area contributed by atoms with Crippen molar-refractivity contribution in [2.45, 2.75) is 19.9 Å². The number of hydrogen-bond acceptors (Lipinski definition) is 1. The van der Waals surface area contributed by atoms with Crippen LogP contribution in [0.15, 0.2) is 28.7 Å². The summed E-state index contributed by atoms with van der Waals surface area (Å²) in [5.41, 5.74) is 1.38. The van der Waals surface area contributed by atoms with Gasteiger partial charge in [0.2, 0.25) is 0 Å². The summed E-state index contributed by atoms with van der Waals surface area (Å²) in [6.45, 7) is 5.56. The molecule has 0 saturated carbocycles. The van der Waals surface area contributed by atoms with Crippen molar-refractivity contribution in [2.24, 2.45) is 0 Å². The van der Waals surface area contributed by atoms with Gasteiger partial charge in [-0.1, -0.05) is 50.9 Å². The van der Waals surface area contributed by atoms with Crippen molar-refractivity contribution in [1.82, 2.24) is 4.90 Å². The van der Waals surface area contributed by atoms with Crippen molar-refractivity contribution in [3.8, 4) is 0 Å². The molecule has 84 valence electrons. The zero-order valence-electron chi connectivity index (χ0n) is 9.05. The third-order valence-electron chi connectivity index (χ3n) is 2.26. The van der Waals surface area contributed by atoms with Gasteiger partial charge in [0.05, 0.1) is 0 Å². The van der Waals surface area contributed by atoms with E-state index < -0.39 is 0 Å². The molecular formula is C12H17Br2N. The quantitative estimate of drug-likeness (QED) is 0.709. The Hall–Kier alpha value is 0.140. The van der Waals surface area contributed by atoms with Gasteiger partial charge in [-0.05, 0) is 30.7 Å². The molecule has 0 spiro atoms. The minimum absolute atomic E-state index is 1.05. The van der Waals surface area contributed by atoms with Gasteiger partial charge in [0.15, 0.2) is 0 Å². The Kier molecular flexibility index (Phi) is 6.53. The summed E-state index contributed by atoms with van der Waals surface area (Å²) >= 11 is 6.95. The van der Waals surface area contributed by atoms with Crippen molar-refractivity contribution in [1.29, 1.82) is 0 Å². The summed E-state index contributed by atoms with van der Waals surface area (Å²) < 4.78 is 1.15. The molecule has 0 aliphatic rings. The van der Waals surface area contributed by atoms with Gasteiger partial charge >= 0.3 is 0 Å². The lowest BCUT2D eigenvalue weighted by molar-refractivity contribution is 0.284. The first kappa shape index (κ1) is 13.2. The summed E-state index contributed by atoms with van der Waals surface area (Å²) in [5.74, 6) is 0. The maximum absolute atomic E-state index is 3.50. The van der Waals surface area contributed by atoms with Gasteiger partial charge in [-0.3, -0.25) is 4.90 Å². The lowest BCUT2D eigenvalue weighted by Gasteiger charge is -2.20. The molecule has 0 amide bonds. The van der Waals surface area contributed by atoms with Crippen LogP contribution in [0, 0.1) is 0 Å². The number of hydrogen-bond donors (Lipinski definition) is 0. The van der Waals surface area contributed by atoms with Crippen LogP contribution >= 0.6 is 31.9 Å². The van der Waals surface area contributed by atoms with E-state index in [9.17, 15) is 0 Å². The standard InChI is InChI=1S/C12H17Br2N/c1-2-8-15(9-7-13)10-11-3-5-12(14)6-4-11/h3-6H,2,7-10H2,1H3. The molecule has 1 aromatic carbocycles. The first-order valence-corrected chi connectivity index (χ1v) is 7.20. The Bertz CT molecular complexity index is 265. The zero-order chi connectivity index (χ0) is 11.1. The molecule has 0 fully saturated rings. The minimum atomic E-state index is 1.05. The van der Waals surface area contributed by atoms with Gasteiger partial charge in [-0.15, -0.1) is 0 Å². The normalized spacial score (nSPS) is 10.9. The van der Waals surface area contributed by atoms with E-state index in [1.807, 2.05) is 0 Å². The van der Waals surface area contributed by atoms with Crippen molar-refractivity contribution in [3.05, 3.63) is 34.3 Å². The molecule has 0 atom stereocenters. The molecule has 15 heavy (non-hydrogen) atoms. The molecule has 1 aromatic rings. The van der Waals surface area contributed by atoms with Crippen LogP contribution in [-0.4, -0.2) is 23.3 Å². The fraction of sp³-hybridized carbons (Fsp3) is 0.500. The molecule has 1 rings (SSSR count). The van der Waals surface area contributed by atoms with E-state index in [1.54, 1.807) is 0 Å². The lowest BCUT2D eigenvalue weighted by atomic mass is 10.2. The Morgan fingerprint density at radius 2 is 1.80 bits per heavy atom. The zero-order valence-corrected chi connectivity index (χ0v) is 12.2. The monoisotopic (exact) mass is 333 g/mol. The van der Waals surface area contributed by atoms with Crippen LogP contribution in [0.5, 0.6) is 0 Å². The molecule has 0 aliphatic heterocycles. The first-order chi connectivity index (χ1) is 7.26. The first-order valence-electron chi connectivity index (χ1n) is 5.29. The average Bonchev–Trinajstić information content (AvgIpc) is 2.22. The molecule has 0 heterocycles. The van der Waals surface area contributed by atoms with Crippen molar-refractivity contribution in [2.75, 3.05) is 18.4 Å². The van der Waals surface area contributed by atoms with E-state index in [0.717, 1.165) is 22.9 Å². The van der Waals surface area contributed by atoms with Gasteiger partial charge in [-0.25, -0.2) is 0 Å². The van der Waals surface area contributed by atoms with Gasteiger partial charge in [0.1, 0.15) is 0 Å². The van der Waals surface area contributed by atoms with E-state index in [2.05, 4.69) is 67.9 Å². The third-order valence-corrected chi connectivity index (χ3v) is 3.14. The Morgan fingerprint density at radius 3 is 2.33 bits per heavy atom. The predicted octanol–water partition coefficient (Wildman–Crippen LogP) is 4.06.